The van der Waals surface area contributed by atoms with E-state index >= 15 is 0 Å². The molecule has 0 spiro atoms. The molecule has 6 heteroatoms. The van der Waals surface area contributed by atoms with Gasteiger partial charge in [0.2, 0.25) is 5.91 Å². The number of carbonyl (C=O) groups is 1. The zero-order valence-electron chi connectivity index (χ0n) is 17.6. The van der Waals surface area contributed by atoms with Gasteiger partial charge in [0, 0.05) is 5.69 Å². The second-order valence-electron chi connectivity index (χ2n) is 7.39. The summed E-state index contributed by atoms with van der Waals surface area (Å²) >= 11 is 0. The summed E-state index contributed by atoms with van der Waals surface area (Å²) in [5.41, 5.74) is 5.08. The first-order valence-electron chi connectivity index (χ1n) is 9.71. The Hall–Kier alpha value is -3.12. The summed E-state index contributed by atoms with van der Waals surface area (Å²) in [5.74, 6) is -0.404. The lowest BCUT2D eigenvalue weighted by Crippen LogP contribution is -2.38. The standard InChI is InChI=1S/C24H26N2O3S/c1-17-13-14-21(15-19(17)3)25-24(27)16-26(23-12-8-9-18(2)20(23)4)30(28,29)22-10-6-5-7-11-22/h5-15H,16H2,1-4H3,(H,25,27). The van der Waals surface area contributed by atoms with Crippen LogP contribution in [-0.2, 0) is 14.8 Å². The molecule has 0 saturated carbocycles. The second kappa shape index (κ2) is 8.71. The Labute approximate surface area is 178 Å². The van der Waals surface area contributed by atoms with Gasteiger partial charge < -0.3 is 5.32 Å². The molecule has 0 heterocycles. The average Bonchev–Trinajstić information content (AvgIpc) is 2.72. The molecular formula is C24H26N2O3S. The summed E-state index contributed by atoms with van der Waals surface area (Å²) in [6.45, 7) is 7.41. The molecule has 0 bridgehead atoms. The number of amides is 1. The van der Waals surface area contributed by atoms with Crippen LogP contribution in [0.15, 0.2) is 71.6 Å². The number of hydrogen-bond donors (Lipinski definition) is 1. The van der Waals surface area contributed by atoms with Crippen molar-refractivity contribution in [1.82, 2.24) is 0 Å². The number of sulfonamides is 1. The summed E-state index contributed by atoms with van der Waals surface area (Å²) in [6, 6.07) is 19.2. The molecule has 1 amide bonds. The molecule has 0 aliphatic heterocycles. The van der Waals surface area contributed by atoms with Crippen LogP contribution in [0.4, 0.5) is 11.4 Å². The SMILES string of the molecule is Cc1ccc(NC(=O)CN(c2cccc(C)c2C)S(=O)(=O)c2ccccc2)cc1C. The van der Waals surface area contributed by atoms with Gasteiger partial charge in [0.05, 0.1) is 10.6 Å². The van der Waals surface area contributed by atoms with Crippen molar-refractivity contribution in [3.63, 3.8) is 0 Å². The lowest BCUT2D eigenvalue weighted by atomic mass is 10.1. The molecule has 0 radical (unpaired) electrons. The van der Waals surface area contributed by atoms with Crippen LogP contribution in [0.25, 0.3) is 0 Å². The predicted octanol–water partition coefficient (Wildman–Crippen LogP) is 4.75. The highest BCUT2D eigenvalue weighted by molar-refractivity contribution is 7.92. The number of aryl methyl sites for hydroxylation is 3. The third-order valence-corrected chi connectivity index (χ3v) is 7.03. The Balaban J connectivity index is 1.98. The number of rotatable bonds is 6. The second-order valence-corrected chi connectivity index (χ2v) is 9.25. The maximum absolute atomic E-state index is 13.4. The van der Waals surface area contributed by atoms with Crippen LogP contribution in [0.1, 0.15) is 22.3 Å². The van der Waals surface area contributed by atoms with Crippen molar-refractivity contribution < 1.29 is 13.2 Å². The minimum absolute atomic E-state index is 0.143. The molecule has 3 rings (SSSR count). The highest BCUT2D eigenvalue weighted by atomic mass is 32.2. The number of carbonyl (C=O) groups excluding carboxylic acids is 1. The van der Waals surface area contributed by atoms with Crippen molar-refractivity contribution >= 4 is 27.3 Å². The zero-order chi connectivity index (χ0) is 21.9. The molecule has 0 saturated heterocycles. The van der Waals surface area contributed by atoms with Gasteiger partial charge in [-0.05, 0) is 80.3 Å². The van der Waals surface area contributed by atoms with Crippen molar-refractivity contribution in [3.05, 3.63) is 89.0 Å². The van der Waals surface area contributed by atoms with Gasteiger partial charge >= 0.3 is 0 Å². The molecule has 5 nitrogen and oxygen atoms in total. The van der Waals surface area contributed by atoms with Gasteiger partial charge in [-0.15, -0.1) is 0 Å². The van der Waals surface area contributed by atoms with E-state index in [1.54, 1.807) is 30.3 Å². The topological polar surface area (TPSA) is 66.5 Å². The molecule has 3 aromatic carbocycles. The maximum atomic E-state index is 13.4. The Kier molecular flexibility index (Phi) is 6.27. The Morgan fingerprint density at radius 1 is 0.833 bits per heavy atom. The molecule has 3 aromatic rings. The Morgan fingerprint density at radius 3 is 2.20 bits per heavy atom. The fourth-order valence-corrected chi connectivity index (χ4v) is 4.67. The van der Waals surface area contributed by atoms with Crippen molar-refractivity contribution in [2.45, 2.75) is 32.6 Å². The third kappa shape index (κ3) is 4.54. The molecule has 0 aliphatic carbocycles. The van der Waals surface area contributed by atoms with E-state index in [1.807, 2.05) is 52.0 Å². The van der Waals surface area contributed by atoms with Crippen molar-refractivity contribution in [2.24, 2.45) is 0 Å². The van der Waals surface area contributed by atoms with E-state index in [2.05, 4.69) is 5.32 Å². The summed E-state index contributed by atoms with van der Waals surface area (Å²) < 4.78 is 28.0. The fourth-order valence-electron chi connectivity index (χ4n) is 3.18. The first kappa shape index (κ1) is 21.6. The normalized spacial score (nSPS) is 11.2. The summed E-state index contributed by atoms with van der Waals surface area (Å²) in [5, 5.41) is 2.82. The van der Waals surface area contributed by atoms with E-state index in [9.17, 15) is 13.2 Å². The molecule has 0 fully saturated rings. The molecule has 1 N–H and O–H groups in total. The molecule has 30 heavy (non-hydrogen) atoms. The van der Waals surface area contributed by atoms with Gasteiger partial charge in [0.15, 0.2) is 0 Å². The van der Waals surface area contributed by atoms with Crippen LogP contribution >= 0.6 is 0 Å². The summed E-state index contributed by atoms with van der Waals surface area (Å²) in [6.07, 6.45) is 0. The first-order valence-corrected chi connectivity index (χ1v) is 11.2. The lowest BCUT2D eigenvalue weighted by Gasteiger charge is -2.26. The van der Waals surface area contributed by atoms with Gasteiger partial charge in [-0.25, -0.2) is 8.42 Å². The monoisotopic (exact) mass is 422 g/mol. The van der Waals surface area contributed by atoms with Crippen LogP contribution in [0.5, 0.6) is 0 Å². The van der Waals surface area contributed by atoms with E-state index in [4.69, 9.17) is 0 Å². The molecule has 0 unspecified atom stereocenters. The number of nitrogens with one attached hydrogen (secondary N) is 1. The fraction of sp³-hybridized carbons (Fsp3) is 0.208. The maximum Gasteiger partial charge on any atom is 0.264 e. The predicted molar refractivity (Wildman–Crippen MR) is 121 cm³/mol. The van der Waals surface area contributed by atoms with E-state index in [-0.39, 0.29) is 11.4 Å². The summed E-state index contributed by atoms with van der Waals surface area (Å²) in [7, 11) is -3.92. The number of anilines is 2. The minimum atomic E-state index is -3.92. The van der Waals surface area contributed by atoms with Crippen LogP contribution < -0.4 is 9.62 Å². The molecule has 0 aliphatic rings. The number of hydrogen-bond acceptors (Lipinski definition) is 3. The van der Waals surface area contributed by atoms with E-state index in [0.717, 1.165) is 22.3 Å². The van der Waals surface area contributed by atoms with Gasteiger partial charge in [0.1, 0.15) is 6.54 Å². The molecule has 0 aromatic heterocycles. The van der Waals surface area contributed by atoms with Gasteiger partial charge in [0.25, 0.3) is 10.0 Å². The van der Waals surface area contributed by atoms with Crippen LogP contribution in [0.2, 0.25) is 0 Å². The lowest BCUT2D eigenvalue weighted by molar-refractivity contribution is -0.114. The Bertz CT molecular complexity index is 1170. The highest BCUT2D eigenvalue weighted by Crippen LogP contribution is 2.28. The smallest absolute Gasteiger partial charge is 0.264 e. The zero-order valence-corrected chi connectivity index (χ0v) is 18.5. The molecule has 156 valence electrons. The third-order valence-electron chi connectivity index (χ3n) is 5.25. The van der Waals surface area contributed by atoms with Crippen LogP contribution in [0, 0.1) is 27.7 Å². The van der Waals surface area contributed by atoms with E-state index < -0.39 is 15.9 Å². The highest BCUT2D eigenvalue weighted by Gasteiger charge is 2.28. The quantitative estimate of drug-likeness (QED) is 0.623. The minimum Gasteiger partial charge on any atom is -0.325 e. The van der Waals surface area contributed by atoms with Gasteiger partial charge in [-0.2, -0.15) is 0 Å². The molecular weight excluding hydrogens is 396 g/mol. The van der Waals surface area contributed by atoms with E-state index in [1.165, 1.54) is 16.4 Å². The average molecular weight is 423 g/mol. The van der Waals surface area contributed by atoms with Crippen molar-refractivity contribution in [1.29, 1.82) is 0 Å². The summed E-state index contributed by atoms with van der Waals surface area (Å²) in [4.78, 5) is 13.0. The van der Waals surface area contributed by atoms with Crippen LogP contribution in [0.3, 0.4) is 0 Å². The number of nitrogens with zero attached hydrogens (tertiary/aromatic N) is 1. The van der Waals surface area contributed by atoms with Crippen molar-refractivity contribution in [3.8, 4) is 0 Å². The largest absolute Gasteiger partial charge is 0.325 e. The first-order chi connectivity index (χ1) is 14.2. The van der Waals surface area contributed by atoms with Crippen LogP contribution in [-0.4, -0.2) is 20.9 Å². The van der Waals surface area contributed by atoms with Crippen molar-refractivity contribution in [2.75, 3.05) is 16.2 Å². The van der Waals surface area contributed by atoms with Gasteiger partial charge in [-0.3, -0.25) is 9.10 Å². The van der Waals surface area contributed by atoms with Gasteiger partial charge in [-0.1, -0.05) is 36.4 Å². The Morgan fingerprint density at radius 2 is 1.53 bits per heavy atom. The number of benzene rings is 3. The van der Waals surface area contributed by atoms with E-state index in [0.29, 0.717) is 11.4 Å². The molecule has 0 atom stereocenters.